The number of piperazine rings is 1. The maximum Gasteiger partial charge on any atom is 0.218 e. The largest absolute Gasteiger partial charge is 0.329 e. The maximum absolute atomic E-state index is 12.6. The zero-order chi connectivity index (χ0) is 15.5. The summed E-state index contributed by atoms with van der Waals surface area (Å²) >= 11 is 0. The number of hydrogen-bond acceptors (Lipinski definition) is 5. The van der Waals surface area contributed by atoms with Gasteiger partial charge in [-0.15, -0.1) is 0 Å². The van der Waals surface area contributed by atoms with Gasteiger partial charge in [0.25, 0.3) is 0 Å². The van der Waals surface area contributed by atoms with Crippen LogP contribution in [0.3, 0.4) is 0 Å². The van der Waals surface area contributed by atoms with Crippen LogP contribution in [0.4, 0.5) is 0 Å². The number of hydrogen-bond donors (Lipinski definition) is 1. The fraction of sp³-hybridized carbons (Fsp3) is 0.500. The highest BCUT2D eigenvalue weighted by Crippen LogP contribution is 2.19. The summed E-state index contributed by atoms with van der Waals surface area (Å²) in [7, 11) is -1.52. The van der Waals surface area contributed by atoms with E-state index < -0.39 is 10.0 Å². The monoisotopic (exact) mass is 308 g/mol. The molecule has 1 aromatic carbocycles. The zero-order valence-corrected chi connectivity index (χ0v) is 12.9. The average molecular weight is 308 g/mol. The molecule has 1 atom stereocenters. The van der Waals surface area contributed by atoms with Crippen LogP contribution in [0.2, 0.25) is 0 Å². The summed E-state index contributed by atoms with van der Waals surface area (Å²) in [5.74, 6) is -0.156. The Morgan fingerprint density at radius 1 is 1.38 bits per heavy atom. The molecule has 0 amide bonds. The second-order valence-electron chi connectivity index (χ2n) is 5.29. The second-order valence-corrected chi connectivity index (χ2v) is 7.21. The predicted molar refractivity (Wildman–Crippen MR) is 80.8 cm³/mol. The van der Waals surface area contributed by atoms with Gasteiger partial charge < -0.3 is 10.6 Å². The van der Waals surface area contributed by atoms with Crippen LogP contribution >= 0.6 is 0 Å². The summed E-state index contributed by atoms with van der Waals surface area (Å²) in [5.41, 5.74) is 6.66. The third-order valence-corrected chi connectivity index (χ3v) is 5.61. The van der Waals surface area contributed by atoms with Crippen molar-refractivity contribution in [3.05, 3.63) is 35.4 Å². The van der Waals surface area contributed by atoms with Gasteiger partial charge in [0.05, 0.1) is 17.4 Å². The molecular formula is C14H20N4O2S. The Hall–Kier alpha value is -1.46. The van der Waals surface area contributed by atoms with Crippen LogP contribution in [-0.2, 0) is 15.8 Å². The molecule has 7 heteroatoms. The SMILES string of the molecule is CN1CCN(S(=O)(=O)Cc2ccccc2C#N)C(CN)C1. The Balaban J connectivity index is 2.24. The van der Waals surface area contributed by atoms with Crippen molar-refractivity contribution in [1.82, 2.24) is 9.21 Å². The molecule has 0 saturated carbocycles. The van der Waals surface area contributed by atoms with Gasteiger partial charge in [-0.25, -0.2) is 8.42 Å². The first-order valence-corrected chi connectivity index (χ1v) is 8.45. The van der Waals surface area contributed by atoms with Gasteiger partial charge in [-0.3, -0.25) is 0 Å². The highest BCUT2D eigenvalue weighted by molar-refractivity contribution is 7.88. The summed E-state index contributed by atoms with van der Waals surface area (Å²) in [6, 6.07) is 8.63. The lowest BCUT2D eigenvalue weighted by Crippen LogP contribution is -2.56. The molecule has 1 heterocycles. The van der Waals surface area contributed by atoms with Crippen molar-refractivity contribution < 1.29 is 8.42 Å². The van der Waals surface area contributed by atoms with E-state index in [9.17, 15) is 8.42 Å². The summed E-state index contributed by atoms with van der Waals surface area (Å²) < 4.78 is 26.8. The molecule has 2 N–H and O–H groups in total. The van der Waals surface area contributed by atoms with Crippen molar-refractivity contribution in [1.29, 1.82) is 5.26 Å². The Morgan fingerprint density at radius 2 is 2.10 bits per heavy atom. The zero-order valence-electron chi connectivity index (χ0n) is 12.1. The van der Waals surface area contributed by atoms with Gasteiger partial charge in [-0.1, -0.05) is 18.2 Å². The molecule has 0 aromatic heterocycles. The van der Waals surface area contributed by atoms with E-state index in [0.717, 1.165) is 0 Å². The summed E-state index contributed by atoms with van der Waals surface area (Å²) in [6.07, 6.45) is 0. The van der Waals surface area contributed by atoms with E-state index in [4.69, 9.17) is 11.0 Å². The normalized spacial score (nSPS) is 21.1. The number of rotatable bonds is 4. The van der Waals surface area contributed by atoms with Gasteiger partial charge in [-0.2, -0.15) is 9.57 Å². The van der Waals surface area contributed by atoms with E-state index in [1.807, 2.05) is 13.1 Å². The Kier molecular flexibility index (Phi) is 4.96. The van der Waals surface area contributed by atoms with Gasteiger partial charge in [0.1, 0.15) is 0 Å². The van der Waals surface area contributed by atoms with E-state index in [0.29, 0.717) is 37.3 Å². The van der Waals surface area contributed by atoms with Crippen molar-refractivity contribution in [2.75, 3.05) is 33.2 Å². The fourth-order valence-electron chi connectivity index (χ4n) is 2.59. The first-order chi connectivity index (χ1) is 9.97. The van der Waals surface area contributed by atoms with Crippen LogP contribution in [0.25, 0.3) is 0 Å². The highest BCUT2D eigenvalue weighted by atomic mass is 32.2. The van der Waals surface area contributed by atoms with E-state index in [-0.39, 0.29) is 11.8 Å². The Morgan fingerprint density at radius 3 is 2.76 bits per heavy atom. The van der Waals surface area contributed by atoms with Crippen molar-refractivity contribution in [3.8, 4) is 6.07 Å². The van der Waals surface area contributed by atoms with Crippen LogP contribution in [0.5, 0.6) is 0 Å². The van der Waals surface area contributed by atoms with Gasteiger partial charge in [0.15, 0.2) is 0 Å². The topological polar surface area (TPSA) is 90.4 Å². The van der Waals surface area contributed by atoms with Crippen molar-refractivity contribution in [2.45, 2.75) is 11.8 Å². The molecule has 1 unspecified atom stereocenters. The Bertz CT molecular complexity index is 639. The standard InChI is InChI=1S/C14H20N4O2S/c1-17-6-7-18(14(9-16)10-17)21(19,20)11-13-5-3-2-4-12(13)8-15/h2-5,14H,6-7,9-11,16H2,1H3. The van der Waals surface area contributed by atoms with Crippen LogP contribution in [0, 0.1) is 11.3 Å². The van der Waals surface area contributed by atoms with Crippen molar-refractivity contribution in [2.24, 2.45) is 5.73 Å². The fourth-order valence-corrected chi connectivity index (χ4v) is 4.36. The quantitative estimate of drug-likeness (QED) is 0.843. The first kappa shape index (κ1) is 15.9. The molecule has 6 nitrogen and oxygen atoms in total. The molecular weight excluding hydrogens is 288 g/mol. The van der Waals surface area contributed by atoms with Crippen LogP contribution in [-0.4, -0.2) is 56.9 Å². The molecule has 0 aliphatic carbocycles. The third kappa shape index (κ3) is 3.60. The van der Waals surface area contributed by atoms with E-state index in [2.05, 4.69) is 4.90 Å². The maximum atomic E-state index is 12.6. The second kappa shape index (κ2) is 6.54. The van der Waals surface area contributed by atoms with Crippen LogP contribution in [0.1, 0.15) is 11.1 Å². The highest BCUT2D eigenvalue weighted by Gasteiger charge is 2.33. The van der Waals surface area contributed by atoms with Gasteiger partial charge in [-0.05, 0) is 18.7 Å². The molecule has 2 rings (SSSR count). The van der Waals surface area contributed by atoms with E-state index in [1.165, 1.54) is 4.31 Å². The average Bonchev–Trinajstić information content (AvgIpc) is 2.47. The molecule has 0 spiro atoms. The number of likely N-dealkylation sites (N-methyl/N-ethyl adjacent to an activating group) is 1. The first-order valence-electron chi connectivity index (χ1n) is 6.84. The van der Waals surface area contributed by atoms with Crippen LogP contribution < -0.4 is 5.73 Å². The number of nitrogens with two attached hydrogens (primary N) is 1. The molecule has 0 radical (unpaired) electrons. The molecule has 1 saturated heterocycles. The summed E-state index contributed by atoms with van der Waals surface area (Å²) in [5, 5.41) is 9.07. The minimum absolute atomic E-state index is 0.156. The lowest BCUT2D eigenvalue weighted by molar-refractivity contribution is 0.164. The number of nitrogens with zero attached hydrogens (tertiary/aromatic N) is 3. The van der Waals surface area contributed by atoms with Crippen molar-refractivity contribution in [3.63, 3.8) is 0 Å². The number of sulfonamides is 1. The smallest absolute Gasteiger partial charge is 0.218 e. The minimum Gasteiger partial charge on any atom is -0.329 e. The third-order valence-electron chi connectivity index (χ3n) is 3.74. The Labute approximate surface area is 125 Å². The van der Waals surface area contributed by atoms with Crippen molar-refractivity contribution >= 4 is 10.0 Å². The van der Waals surface area contributed by atoms with Gasteiger partial charge >= 0.3 is 0 Å². The molecule has 114 valence electrons. The lowest BCUT2D eigenvalue weighted by atomic mass is 10.1. The molecule has 0 bridgehead atoms. The summed E-state index contributed by atoms with van der Waals surface area (Å²) in [6.45, 7) is 2.06. The van der Waals surface area contributed by atoms with Crippen LogP contribution in [0.15, 0.2) is 24.3 Å². The molecule has 21 heavy (non-hydrogen) atoms. The summed E-state index contributed by atoms with van der Waals surface area (Å²) in [4.78, 5) is 2.08. The molecule has 1 fully saturated rings. The predicted octanol–water partition coefficient (Wildman–Crippen LogP) is -0.0372. The lowest BCUT2D eigenvalue weighted by Gasteiger charge is -2.38. The number of nitriles is 1. The minimum atomic E-state index is -3.48. The molecule has 1 aliphatic rings. The molecule has 1 aromatic rings. The van der Waals surface area contributed by atoms with Gasteiger partial charge in [0.2, 0.25) is 10.0 Å². The van der Waals surface area contributed by atoms with Gasteiger partial charge in [0, 0.05) is 32.2 Å². The molecule has 1 aliphatic heterocycles. The van der Waals surface area contributed by atoms with E-state index >= 15 is 0 Å². The number of benzene rings is 1. The van der Waals surface area contributed by atoms with E-state index in [1.54, 1.807) is 24.3 Å².